The molecule has 11 heteroatoms. The maximum Gasteiger partial charge on any atom is 0.328 e. The Morgan fingerprint density at radius 2 is 1.86 bits per heavy atom. The number of guanidine groups is 1. The van der Waals surface area contributed by atoms with Crippen LogP contribution in [0.25, 0.3) is 10.9 Å². The fourth-order valence-electron chi connectivity index (χ4n) is 3.70. The monoisotopic (exact) mass is 512 g/mol. The SMILES string of the molecule is COC(=O)C(NC(=O)c1nn(Cc2ccc(F)cc2)c2cc(OCCCN=C(N)N)ccc12)C(C)(C)C. The van der Waals surface area contributed by atoms with Gasteiger partial charge in [0.2, 0.25) is 0 Å². The number of ether oxygens (including phenoxy) is 2. The number of nitrogens with one attached hydrogen (secondary N) is 1. The molecule has 1 unspecified atom stereocenters. The van der Waals surface area contributed by atoms with Crippen molar-refractivity contribution < 1.29 is 23.5 Å². The van der Waals surface area contributed by atoms with Crippen LogP contribution in [-0.4, -0.2) is 53.9 Å². The summed E-state index contributed by atoms with van der Waals surface area (Å²) in [5.41, 5.74) is 11.7. The van der Waals surface area contributed by atoms with Crippen molar-refractivity contribution in [2.45, 2.75) is 39.8 Å². The van der Waals surface area contributed by atoms with Gasteiger partial charge in [0.1, 0.15) is 17.6 Å². The number of esters is 1. The molecule has 0 saturated carbocycles. The first-order chi connectivity index (χ1) is 17.5. The van der Waals surface area contributed by atoms with E-state index in [0.717, 1.165) is 5.56 Å². The van der Waals surface area contributed by atoms with E-state index in [9.17, 15) is 14.0 Å². The predicted octanol–water partition coefficient (Wildman–Crippen LogP) is 2.58. The van der Waals surface area contributed by atoms with Gasteiger partial charge in [-0.15, -0.1) is 0 Å². The molecule has 0 aliphatic heterocycles. The van der Waals surface area contributed by atoms with Crippen LogP contribution in [0.3, 0.4) is 0 Å². The van der Waals surface area contributed by atoms with Crippen molar-refractivity contribution in [3.63, 3.8) is 0 Å². The van der Waals surface area contributed by atoms with Gasteiger partial charge in [0, 0.05) is 24.4 Å². The Hall–Kier alpha value is -4.15. The zero-order valence-corrected chi connectivity index (χ0v) is 21.5. The van der Waals surface area contributed by atoms with E-state index < -0.39 is 23.3 Å². The molecule has 1 atom stereocenters. The molecule has 1 heterocycles. The lowest BCUT2D eigenvalue weighted by molar-refractivity contribution is -0.145. The summed E-state index contributed by atoms with van der Waals surface area (Å²) in [6.07, 6.45) is 0.611. The summed E-state index contributed by atoms with van der Waals surface area (Å²) in [6.45, 7) is 6.60. The number of carbonyl (C=O) groups is 2. The molecule has 198 valence electrons. The van der Waals surface area contributed by atoms with Crippen molar-refractivity contribution in [2.24, 2.45) is 21.9 Å². The number of benzene rings is 2. The highest BCUT2D eigenvalue weighted by atomic mass is 19.1. The first-order valence-electron chi connectivity index (χ1n) is 11.8. The van der Waals surface area contributed by atoms with E-state index in [1.54, 1.807) is 35.0 Å². The highest BCUT2D eigenvalue weighted by Gasteiger charge is 2.35. The molecule has 0 aliphatic rings. The molecule has 3 aromatic rings. The van der Waals surface area contributed by atoms with Crippen LogP contribution in [0.15, 0.2) is 47.5 Å². The second-order valence-electron chi connectivity index (χ2n) is 9.62. The number of nitrogens with two attached hydrogens (primary N) is 2. The van der Waals surface area contributed by atoms with Crippen LogP contribution >= 0.6 is 0 Å². The molecule has 0 aliphatic carbocycles. The van der Waals surface area contributed by atoms with E-state index in [4.69, 9.17) is 20.9 Å². The van der Waals surface area contributed by atoms with Gasteiger partial charge in [-0.25, -0.2) is 9.18 Å². The topological polar surface area (TPSA) is 147 Å². The summed E-state index contributed by atoms with van der Waals surface area (Å²) in [5.74, 6) is -0.808. The Bertz CT molecular complexity index is 1280. The van der Waals surface area contributed by atoms with Crippen LogP contribution < -0.4 is 21.5 Å². The van der Waals surface area contributed by atoms with Crippen LogP contribution in [0, 0.1) is 11.2 Å². The third-order valence-electron chi connectivity index (χ3n) is 5.63. The third-order valence-corrected chi connectivity index (χ3v) is 5.63. The Kier molecular flexibility index (Phi) is 8.69. The van der Waals surface area contributed by atoms with E-state index in [1.165, 1.54) is 19.2 Å². The quantitative estimate of drug-likeness (QED) is 0.164. The standard InChI is InChI=1S/C26H33FN6O4/c1-26(2,3)22(24(35)36-4)31-23(34)21-19-11-10-18(37-13-5-12-30-25(28)29)14-20(19)33(32-21)15-16-6-8-17(27)9-7-16/h6-11,14,22H,5,12-13,15H2,1-4H3,(H,31,34)(H4,28,29,30). The minimum atomic E-state index is -0.880. The number of methoxy groups -OCH3 is 1. The van der Waals surface area contributed by atoms with Gasteiger partial charge >= 0.3 is 5.97 Å². The highest BCUT2D eigenvalue weighted by molar-refractivity contribution is 6.06. The van der Waals surface area contributed by atoms with Gasteiger partial charge < -0.3 is 26.3 Å². The number of hydrogen-bond acceptors (Lipinski definition) is 6. The Morgan fingerprint density at radius 3 is 2.49 bits per heavy atom. The van der Waals surface area contributed by atoms with E-state index >= 15 is 0 Å². The van der Waals surface area contributed by atoms with Crippen LogP contribution in [0.5, 0.6) is 5.75 Å². The summed E-state index contributed by atoms with van der Waals surface area (Å²) in [6, 6.07) is 10.4. The fourth-order valence-corrected chi connectivity index (χ4v) is 3.70. The van der Waals surface area contributed by atoms with E-state index in [2.05, 4.69) is 15.4 Å². The summed E-state index contributed by atoms with van der Waals surface area (Å²) < 4.78 is 25.8. The van der Waals surface area contributed by atoms with Crippen molar-refractivity contribution in [3.05, 3.63) is 59.5 Å². The zero-order valence-electron chi connectivity index (χ0n) is 21.5. The summed E-state index contributed by atoms with van der Waals surface area (Å²) in [7, 11) is 1.28. The van der Waals surface area contributed by atoms with Gasteiger partial charge in [-0.3, -0.25) is 14.5 Å². The first kappa shape index (κ1) is 27.4. The number of aliphatic imine (C=N–C) groups is 1. The van der Waals surface area contributed by atoms with Crippen LogP contribution in [0.2, 0.25) is 0 Å². The Balaban J connectivity index is 1.94. The lowest BCUT2D eigenvalue weighted by atomic mass is 9.86. The lowest BCUT2D eigenvalue weighted by Gasteiger charge is -2.28. The molecule has 0 saturated heterocycles. The van der Waals surface area contributed by atoms with Gasteiger partial charge in [-0.1, -0.05) is 32.9 Å². The van der Waals surface area contributed by atoms with Crippen LogP contribution in [0.1, 0.15) is 43.2 Å². The summed E-state index contributed by atoms with van der Waals surface area (Å²) in [4.78, 5) is 29.6. The van der Waals surface area contributed by atoms with Crippen molar-refractivity contribution in [1.29, 1.82) is 0 Å². The van der Waals surface area contributed by atoms with Gasteiger partial charge in [0.15, 0.2) is 11.7 Å². The Labute approximate surface area is 214 Å². The van der Waals surface area contributed by atoms with Crippen molar-refractivity contribution in [1.82, 2.24) is 15.1 Å². The number of carbonyl (C=O) groups excluding carboxylic acids is 2. The van der Waals surface area contributed by atoms with Gasteiger partial charge in [0.25, 0.3) is 5.91 Å². The average Bonchev–Trinajstić information content (AvgIpc) is 3.20. The maximum absolute atomic E-state index is 13.4. The average molecular weight is 513 g/mol. The molecule has 0 bridgehead atoms. The minimum Gasteiger partial charge on any atom is -0.493 e. The second kappa shape index (κ2) is 11.7. The molecule has 2 aromatic carbocycles. The van der Waals surface area contributed by atoms with Crippen molar-refractivity contribution in [2.75, 3.05) is 20.3 Å². The number of halogens is 1. The number of fused-ring (bicyclic) bond motifs is 1. The van der Waals surface area contributed by atoms with E-state index in [0.29, 0.717) is 36.2 Å². The normalized spacial score (nSPS) is 12.1. The smallest absolute Gasteiger partial charge is 0.328 e. The number of aromatic nitrogens is 2. The van der Waals surface area contributed by atoms with Gasteiger partial charge in [-0.05, 0) is 35.2 Å². The number of amides is 1. The molecule has 0 fully saturated rings. The molecule has 0 spiro atoms. The van der Waals surface area contributed by atoms with Gasteiger partial charge in [-0.2, -0.15) is 5.10 Å². The zero-order chi connectivity index (χ0) is 27.2. The molecule has 3 rings (SSSR count). The molecule has 0 radical (unpaired) electrons. The third kappa shape index (κ3) is 7.18. The van der Waals surface area contributed by atoms with E-state index in [-0.39, 0.29) is 24.0 Å². The number of rotatable bonds is 10. The molecule has 10 nitrogen and oxygen atoms in total. The summed E-state index contributed by atoms with van der Waals surface area (Å²) in [5, 5.41) is 7.90. The fraction of sp³-hybridized carbons (Fsp3) is 0.385. The van der Waals surface area contributed by atoms with Gasteiger partial charge in [0.05, 0.1) is 25.8 Å². The van der Waals surface area contributed by atoms with E-state index in [1.807, 2.05) is 20.8 Å². The first-order valence-corrected chi connectivity index (χ1v) is 11.8. The minimum absolute atomic E-state index is 0.0258. The molecule has 5 N–H and O–H groups in total. The number of nitrogens with zero attached hydrogens (tertiary/aromatic N) is 3. The molecular weight excluding hydrogens is 479 g/mol. The number of hydrogen-bond donors (Lipinski definition) is 3. The lowest BCUT2D eigenvalue weighted by Crippen LogP contribution is -2.49. The molecular formula is C26H33FN6O4. The van der Waals surface area contributed by atoms with Crippen molar-refractivity contribution in [3.8, 4) is 5.75 Å². The highest BCUT2D eigenvalue weighted by Crippen LogP contribution is 2.26. The Morgan fingerprint density at radius 1 is 1.16 bits per heavy atom. The van der Waals surface area contributed by atoms with Crippen molar-refractivity contribution >= 4 is 28.7 Å². The predicted molar refractivity (Wildman–Crippen MR) is 139 cm³/mol. The summed E-state index contributed by atoms with van der Waals surface area (Å²) >= 11 is 0. The second-order valence-corrected chi connectivity index (χ2v) is 9.62. The largest absolute Gasteiger partial charge is 0.493 e. The maximum atomic E-state index is 13.4. The molecule has 37 heavy (non-hydrogen) atoms. The van der Waals surface area contributed by atoms with Crippen LogP contribution in [0.4, 0.5) is 4.39 Å². The van der Waals surface area contributed by atoms with Crippen LogP contribution in [-0.2, 0) is 16.1 Å². The molecule has 1 aromatic heterocycles. The molecule has 1 amide bonds.